The van der Waals surface area contributed by atoms with Crippen LogP contribution in [-0.2, 0) is 17.5 Å². The Hall–Kier alpha value is -4.23. The first-order valence-electron chi connectivity index (χ1n) is 13.4. The van der Waals surface area contributed by atoms with Crippen LogP contribution in [0.15, 0.2) is 59.8 Å². The molecule has 3 N–H and O–H groups in total. The number of amides is 2. The molecule has 0 unspecified atom stereocenters. The fraction of sp³-hybridized carbons (Fsp3) is 0.276. The average molecular weight is 594 g/mol. The number of nitrogens with zero attached hydrogens (tertiary/aromatic N) is 4. The number of nitrogens with one attached hydrogen (secondary N) is 3. The molecule has 2 aliphatic heterocycles. The van der Waals surface area contributed by atoms with Gasteiger partial charge < -0.3 is 15.2 Å². The van der Waals surface area contributed by atoms with Crippen molar-refractivity contribution < 1.29 is 22.8 Å². The molecule has 0 saturated carbocycles. The number of imide groups is 1. The number of alkyl halides is 3. The molecule has 216 valence electrons. The summed E-state index contributed by atoms with van der Waals surface area (Å²) >= 11 is 0.837. The molecule has 42 heavy (non-hydrogen) atoms. The number of H-pyrrole nitrogens is 1. The number of rotatable bonds is 7. The smallest absolute Gasteiger partial charge is 0.361 e. The summed E-state index contributed by atoms with van der Waals surface area (Å²) in [4.78, 5) is 42.1. The Morgan fingerprint density at radius 3 is 2.67 bits per heavy atom. The summed E-state index contributed by atoms with van der Waals surface area (Å²) in [6.07, 6.45) is 2.20. The lowest BCUT2D eigenvalue weighted by atomic mass is 9.97. The van der Waals surface area contributed by atoms with Crippen LogP contribution in [0.3, 0.4) is 0 Å². The van der Waals surface area contributed by atoms with Crippen LogP contribution in [0.5, 0.6) is 0 Å². The number of hydrogen-bond donors (Lipinski definition) is 3. The van der Waals surface area contributed by atoms with Gasteiger partial charge in [0.2, 0.25) is 5.95 Å². The van der Waals surface area contributed by atoms with Crippen LogP contribution in [0.2, 0.25) is 0 Å². The number of carbonyl (C=O) groups is 2. The second-order valence-electron chi connectivity index (χ2n) is 10.2. The highest BCUT2D eigenvalue weighted by Gasteiger charge is 2.32. The maximum atomic E-state index is 13.7. The molecule has 5 heterocycles. The maximum Gasteiger partial charge on any atom is 0.416 e. The van der Waals surface area contributed by atoms with Gasteiger partial charge in [-0.1, -0.05) is 6.07 Å². The number of aromatic amines is 1. The van der Waals surface area contributed by atoms with Gasteiger partial charge >= 0.3 is 6.18 Å². The van der Waals surface area contributed by atoms with Crippen LogP contribution in [0.4, 0.5) is 23.9 Å². The van der Waals surface area contributed by atoms with E-state index >= 15 is 0 Å². The predicted octanol–water partition coefficient (Wildman–Crippen LogP) is 5.37. The van der Waals surface area contributed by atoms with Gasteiger partial charge in [-0.15, -0.1) is 0 Å². The van der Waals surface area contributed by atoms with Gasteiger partial charge in [0.25, 0.3) is 11.1 Å². The summed E-state index contributed by atoms with van der Waals surface area (Å²) in [5, 5.41) is 6.03. The Kier molecular flexibility index (Phi) is 7.69. The van der Waals surface area contributed by atoms with Gasteiger partial charge in [0.15, 0.2) is 0 Å². The van der Waals surface area contributed by atoms with E-state index in [0.717, 1.165) is 47.6 Å². The summed E-state index contributed by atoms with van der Waals surface area (Å²) in [5.41, 5.74) is 1.98. The third-order valence-electron chi connectivity index (χ3n) is 7.28. The summed E-state index contributed by atoms with van der Waals surface area (Å²) in [6.45, 7) is 2.29. The maximum absolute atomic E-state index is 13.7. The lowest BCUT2D eigenvalue weighted by molar-refractivity contribution is -0.137. The molecule has 0 radical (unpaired) electrons. The number of aromatic nitrogens is 4. The Balaban J connectivity index is 1.07. The van der Waals surface area contributed by atoms with Crippen molar-refractivity contribution in [2.45, 2.75) is 25.6 Å². The number of benzene rings is 1. The van der Waals surface area contributed by atoms with Gasteiger partial charge in [-0.2, -0.15) is 13.2 Å². The molecule has 4 aromatic rings. The number of hydrogen-bond acceptors (Lipinski definition) is 8. The Morgan fingerprint density at radius 2 is 1.90 bits per heavy atom. The molecular weight excluding hydrogens is 567 g/mol. The first-order chi connectivity index (χ1) is 20.2. The Labute approximate surface area is 243 Å². The largest absolute Gasteiger partial charge is 0.416 e. The lowest BCUT2D eigenvalue weighted by Crippen LogP contribution is -2.38. The van der Waals surface area contributed by atoms with E-state index in [1.807, 2.05) is 18.2 Å². The fourth-order valence-electron chi connectivity index (χ4n) is 5.09. The molecule has 9 nitrogen and oxygen atoms in total. The van der Waals surface area contributed by atoms with E-state index in [0.29, 0.717) is 53.4 Å². The molecule has 0 bridgehead atoms. The van der Waals surface area contributed by atoms with Crippen LogP contribution in [-0.4, -0.2) is 50.7 Å². The van der Waals surface area contributed by atoms with Crippen LogP contribution in [0, 0.1) is 5.92 Å². The van der Waals surface area contributed by atoms with Crippen molar-refractivity contribution in [2.24, 2.45) is 5.92 Å². The van der Waals surface area contributed by atoms with Crippen LogP contribution in [0.1, 0.15) is 29.8 Å². The van der Waals surface area contributed by atoms with E-state index in [-0.39, 0.29) is 12.2 Å². The van der Waals surface area contributed by atoms with E-state index in [1.165, 1.54) is 0 Å². The van der Waals surface area contributed by atoms with Crippen LogP contribution < -0.4 is 15.5 Å². The molecule has 0 spiro atoms. The molecule has 0 aliphatic carbocycles. The molecule has 1 aromatic carbocycles. The minimum Gasteiger partial charge on any atom is -0.361 e. The van der Waals surface area contributed by atoms with Gasteiger partial charge in [-0.25, -0.2) is 9.97 Å². The molecular formula is C29H26F3N7O2S. The summed E-state index contributed by atoms with van der Waals surface area (Å²) in [5.74, 6) is 0.440. The molecule has 2 amide bonds. The second kappa shape index (κ2) is 11.6. The zero-order valence-electron chi connectivity index (χ0n) is 22.2. The van der Waals surface area contributed by atoms with Gasteiger partial charge in [-0.05, 0) is 79.5 Å². The molecule has 2 aliphatic rings. The van der Waals surface area contributed by atoms with Crippen molar-refractivity contribution in [1.29, 1.82) is 0 Å². The topological polar surface area (TPSA) is 116 Å². The van der Waals surface area contributed by atoms with Crippen molar-refractivity contribution in [3.8, 4) is 11.3 Å². The highest BCUT2D eigenvalue weighted by molar-refractivity contribution is 8.18. The fourth-order valence-corrected chi connectivity index (χ4v) is 5.76. The second-order valence-corrected chi connectivity index (χ2v) is 11.2. The molecule has 3 aromatic heterocycles. The minimum atomic E-state index is -4.48. The number of thioether (sulfide) groups is 1. The number of halogens is 3. The number of anilines is 1. The monoisotopic (exact) mass is 593 g/mol. The van der Waals surface area contributed by atoms with Crippen molar-refractivity contribution in [3.05, 3.63) is 76.7 Å². The van der Waals surface area contributed by atoms with E-state index < -0.39 is 22.9 Å². The van der Waals surface area contributed by atoms with E-state index in [2.05, 4.69) is 35.5 Å². The van der Waals surface area contributed by atoms with Crippen LogP contribution in [0.25, 0.3) is 28.2 Å². The predicted molar refractivity (Wildman–Crippen MR) is 154 cm³/mol. The first-order valence-corrected chi connectivity index (χ1v) is 14.2. The number of piperidine rings is 1. The van der Waals surface area contributed by atoms with Gasteiger partial charge in [0, 0.05) is 48.5 Å². The molecule has 6 rings (SSSR count). The normalized spacial score (nSPS) is 17.4. The Bertz CT molecular complexity index is 1680. The molecule has 13 heteroatoms. The van der Waals surface area contributed by atoms with E-state index in [9.17, 15) is 22.8 Å². The lowest BCUT2D eigenvalue weighted by Gasteiger charge is -2.32. The number of fused-ring (bicyclic) bond motifs is 1. The number of pyridine rings is 1. The summed E-state index contributed by atoms with van der Waals surface area (Å²) in [7, 11) is 0. The van der Waals surface area contributed by atoms with Crippen LogP contribution >= 0.6 is 11.8 Å². The van der Waals surface area contributed by atoms with Crippen molar-refractivity contribution in [3.63, 3.8) is 0 Å². The van der Waals surface area contributed by atoms with Crippen molar-refractivity contribution in [1.82, 2.24) is 30.6 Å². The highest BCUT2D eigenvalue weighted by Crippen LogP contribution is 2.33. The third-order valence-corrected chi connectivity index (χ3v) is 8.09. The highest BCUT2D eigenvalue weighted by atomic mass is 32.2. The molecule has 2 fully saturated rings. The van der Waals surface area contributed by atoms with Crippen molar-refractivity contribution >= 4 is 45.8 Å². The zero-order chi connectivity index (χ0) is 29.3. The average Bonchev–Trinajstić information content (AvgIpc) is 3.57. The van der Waals surface area contributed by atoms with Gasteiger partial charge in [-0.3, -0.25) is 19.9 Å². The molecule has 2 saturated heterocycles. The van der Waals surface area contributed by atoms with Gasteiger partial charge in [0.1, 0.15) is 0 Å². The summed E-state index contributed by atoms with van der Waals surface area (Å²) < 4.78 is 41.1. The van der Waals surface area contributed by atoms with Crippen molar-refractivity contribution in [2.75, 3.05) is 24.5 Å². The summed E-state index contributed by atoms with van der Waals surface area (Å²) in [6, 6.07) is 11.2. The van der Waals surface area contributed by atoms with E-state index in [1.54, 1.807) is 30.6 Å². The Morgan fingerprint density at radius 1 is 1.07 bits per heavy atom. The minimum absolute atomic E-state index is 0.220. The first kappa shape index (κ1) is 27.9. The molecule has 0 atom stereocenters. The SMILES string of the molecule is O=C1NC(=O)/C(=C\c2ccnc(N3CCC(CNCc4cc(C(F)(F)F)cc(-c5ccc6[nH]ccc6c5)n4)CC3)n2)S1. The third kappa shape index (κ3) is 6.31. The van der Waals surface area contributed by atoms with E-state index in [4.69, 9.17) is 0 Å². The quantitative estimate of drug-likeness (QED) is 0.245. The zero-order valence-corrected chi connectivity index (χ0v) is 23.1. The standard InChI is InChI=1S/C29H26F3N7O2S/c30-29(31,32)20-12-22(36-24(13-20)18-1-2-23-19(11-18)3-7-34-23)16-33-15-17-5-9-39(10-6-17)27-35-8-4-21(37-27)14-25-26(40)38-28(41)42-25/h1-4,7-8,11-14,17,33-34H,5-6,9-10,15-16H2,(H,38,40,41)/b25-14+. The number of carbonyl (C=O) groups excluding carboxylic acids is 2. The van der Waals surface area contributed by atoms with Gasteiger partial charge in [0.05, 0.1) is 27.6 Å².